The molecular weight excluding hydrogens is 296 g/mol. The van der Waals surface area contributed by atoms with Gasteiger partial charge in [-0.2, -0.15) is 0 Å². The van der Waals surface area contributed by atoms with E-state index in [-0.39, 0.29) is 16.7 Å². The predicted octanol–water partition coefficient (Wildman–Crippen LogP) is 0.777. The maximum absolute atomic E-state index is 12.1. The number of benzene rings is 1. The highest BCUT2D eigenvalue weighted by Gasteiger charge is 2.20. The molecule has 110 valence electrons. The molecule has 1 aliphatic rings. The van der Waals surface area contributed by atoms with E-state index >= 15 is 0 Å². The first-order valence-electron chi connectivity index (χ1n) is 6.41. The Kier molecular flexibility index (Phi) is 5.09. The average Bonchev–Trinajstić information content (AvgIpc) is 2.89. The van der Waals surface area contributed by atoms with Gasteiger partial charge in [0.25, 0.3) is 0 Å². The summed E-state index contributed by atoms with van der Waals surface area (Å²) >= 11 is 4.94. The van der Waals surface area contributed by atoms with E-state index in [0.717, 1.165) is 6.42 Å². The SMILES string of the molecule is NC(=S)c1ccccc1CS(=O)(=O)NCC1CCOC1. The summed E-state index contributed by atoms with van der Waals surface area (Å²) in [6.45, 7) is 1.74. The van der Waals surface area contributed by atoms with Crippen LogP contribution in [0.15, 0.2) is 24.3 Å². The monoisotopic (exact) mass is 314 g/mol. The van der Waals surface area contributed by atoms with Gasteiger partial charge in [0.2, 0.25) is 10.0 Å². The summed E-state index contributed by atoms with van der Waals surface area (Å²) in [4.78, 5) is 0.208. The average molecular weight is 314 g/mol. The molecule has 3 N–H and O–H groups in total. The van der Waals surface area contributed by atoms with Crippen molar-refractivity contribution in [1.29, 1.82) is 0 Å². The molecule has 1 heterocycles. The van der Waals surface area contributed by atoms with E-state index in [9.17, 15) is 8.42 Å². The molecule has 1 aliphatic heterocycles. The molecule has 0 amide bonds. The third kappa shape index (κ3) is 4.24. The summed E-state index contributed by atoms with van der Waals surface area (Å²) in [6.07, 6.45) is 0.895. The standard InChI is InChI=1S/C13H18N2O3S2/c14-13(19)12-4-2-1-3-11(12)9-20(16,17)15-7-10-5-6-18-8-10/h1-4,10,15H,5-9H2,(H2,14,19). The van der Waals surface area contributed by atoms with Gasteiger partial charge in [0.05, 0.1) is 12.4 Å². The van der Waals surface area contributed by atoms with E-state index < -0.39 is 10.0 Å². The fourth-order valence-corrected chi connectivity index (χ4v) is 3.58. The first-order chi connectivity index (χ1) is 9.48. The van der Waals surface area contributed by atoms with Crippen LogP contribution in [0.1, 0.15) is 17.5 Å². The predicted molar refractivity (Wildman–Crippen MR) is 81.9 cm³/mol. The summed E-state index contributed by atoms with van der Waals surface area (Å²) in [5.74, 6) is 0.143. The highest BCUT2D eigenvalue weighted by atomic mass is 32.2. The van der Waals surface area contributed by atoms with Gasteiger partial charge in [0.1, 0.15) is 4.99 Å². The van der Waals surface area contributed by atoms with Crippen molar-refractivity contribution in [1.82, 2.24) is 4.72 Å². The second-order valence-electron chi connectivity index (χ2n) is 4.86. The van der Waals surface area contributed by atoms with E-state index in [0.29, 0.717) is 30.9 Å². The molecule has 0 radical (unpaired) electrons. The summed E-state index contributed by atoms with van der Waals surface area (Å²) in [7, 11) is -3.40. The lowest BCUT2D eigenvalue weighted by Crippen LogP contribution is -2.31. The number of ether oxygens (including phenoxy) is 1. The molecular formula is C13H18N2O3S2. The third-order valence-electron chi connectivity index (χ3n) is 3.24. The van der Waals surface area contributed by atoms with Crippen LogP contribution in [-0.4, -0.2) is 33.2 Å². The quantitative estimate of drug-likeness (QED) is 0.758. The van der Waals surface area contributed by atoms with E-state index in [2.05, 4.69) is 4.72 Å². The van der Waals surface area contributed by atoms with E-state index in [1.54, 1.807) is 24.3 Å². The molecule has 0 aliphatic carbocycles. The molecule has 7 heteroatoms. The Labute approximate surface area is 124 Å². The highest BCUT2D eigenvalue weighted by Crippen LogP contribution is 2.14. The fraction of sp³-hybridized carbons (Fsp3) is 0.462. The summed E-state index contributed by atoms with van der Waals surface area (Å²) in [5.41, 5.74) is 6.84. The molecule has 0 aromatic heterocycles. The van der Waals surface area contributed by atoms with Gasteiger partial charge in [-0.05, 0) is 17.9 Å². The molecule has 1 unspecified atom stereocenters. The second-order valence-corrected chi connectivity index (χ2v) is 7.11. The van der Waals surface area contributed by atoms with Crippen molar-refractivity contribution in [3.63, 3.8) is 0 Å². The highest BCUT2D eigenvalue weighted by molar-refractivity contribution is 7.88. The smallest absolute Gasteiger partial charge is 0.215 e. The molecule has 1 fully saturated rings. The first-order valence-corrected chi connectivity index (χ1v) is 8.47. The van der Waals surface area contributed by atoms with Crippen LogP contribution in [0.25, 0.3) is 0 Å². The number of thiocarbonyl (C=S) groups is 1. The first kappa shape index (κ1) is 15.4. The molecule has 20 heavy (non-hydrogen) atoms. The van der Waals surface area contributed by atoms with Crippen LogP contribution in [0.4, 0.5) is 0 Å². The molecule has 1 saturated heterocycles. The van der Waals surface area contributed by atoms with E-state index in [4.69, 9.17) is 22.7 Å². The molecule has 5 nitrogen and oxygen atoms in total. The van der Waals surface area contributed by atoms with Crippen molar-refractivity contribution >= 4 is 27.2 Å². The Bertz CT molecular complexity index is 581. The zero-order valence-corrected chi connectivity index (χ0v) is 12.7. The van der Waals surface area contributed by atoms with Crippen LogP contribution < -0.4 is 10.5 Å². The van der Waals surface area contributed by atoms with Gasteiger partial charge >= 0.3 is 0 Å². The van der Waals surface area contributed by atoms with E-state index in [1.807, 2.05) is 0 Å². The van der Waals surface area contributed by atoms with Crippen molar-refractivity contribution in [3.8, 4) is 0 Å². The van der Waals surface area contributed by atoms with Gasteiger partial charge in [-0.25, -0.2) is 13.1 Å². The molecule has 0 bridgehead atoms. The molecule has 1 aromatic rings. The molecule has 0 spiro atoms. The number of hydrogen-bond donors (Lipinski definition) is 2. The molecule has 1 atom stereocenters. The lowest BCUT2D eigenvalue weighted by molar-refractivity contribution is 0.186. The van der Waals surface area contributed by atoms with Gasteiger partial charge in [-0.3, -0.25) is 0 Å². The van der Waals surface area contributed by atoms with Crippen molar-refractivity contribution in [2.45, 2.75) is 12.2 Å². The van der Waals surface area contributed by atoms with Crippen LogP contribution in [-0.2, 0) is 20.5 Å². The molecule has 2 rings (SSSR count). The summed E-state index contributed by atoms with van der Waals surface area (Å²) in [6, 6.07) is 7.02. The second kappa shape index (κ2) is 6.62. The Morgan fingerprint density at radius 3 is 2.85 bits per heavy atom. The van der Waals surface area contributed by atoms with Gasteiger partial charge in [-0.1, -0.05) is 36.5 Å². The maximum atomic E-state index is 12.1. The zero-order chi connectivity index (χ0) is 14.6. The topological polar surface area (TPSA) is 81.4 Å². The number of hydrogen-bond acceptors (Lipinski definition) is 4. The maximum Gasteiger partial charge on any atom is 0.215 e. The minimum atomic E-state index is -3.40. The van der Waals surface area contributed by atoms with Crippen molar-refractivity contribution in [2.75, 3.05) is 19.8 Å². The third-order valence-corrected chi connectivity index (χ3v) is 4.76. The normalized spacial score (nSPS) is 19.1. The largest absolute Gasteiger partial charge is 0.389 e. The Balaban J connectivity index is 2.02. The zero-order valence-electron chi connectivity index (χ0n) is 11.0. The Hall–Kier alpha value is -1.02. The summed E-state index contributed by atoms with van der Waals surface area (Å²) in [5, 5.41) is 0. The molecule has 1 aromatic carbocycles. The number of rotatable bonds is 6. The number of nitrogens with two attached hydrogens (primary N) is 1. The minimum Gasteiger partial charge on any atom is -0.389 e. The fourth-order valence-electron chi connectivity index (χ4n) is 2.13. The lowest BCUT2D eigenvalue weighted by Gasteiger charge is -2.12. The van der Waals surface area contributed by atoms with Crippen LogP contribution in [0, 0.1) is 5.92 Å². The van der Waals surface area contributed by atoms with Crippen molar-refractivity contribution < 1.29 is 13.2 Å². The Morgan fingerprint density at radius 1 is 1.45 bits per heavy atom. The number of nitrogens with one attached hydrogen (secondary N) is 1. The molecule has 0 saturated carbocycles. The minimum absolute atomic E-state index is 0.117. The van der Waals surface area contributed by atoms with Crippen LogP contribution in [0.2, 0.25) is 0 Å². The van der Waals surface area contributed by atoms with Crippen LogP contribution in [0.3, 0.4) is 0 Å². The number of sulfonamides is 1. The van der Waals surface area contributed by atoms with Crippen LogP contribution >= 0.6 is 12.2 Å². The van der Waals surface area contributed by atoms with Crippen LogP contribution in [0.5, 0.6) is 0 Å². The Morgan fingerprint density at radius 2 is 2.20 bits per heavy atom. The van der Waals surface area contributed by atoms with E-state index in [1.165, 1.54) is 0 Å². The van der Waals surface area contributed by atoms with Gasteiger partial charge in [0.15, 0.2) is 0 Å². The van der Waals surface area contributed by atoms with Crippen molar-refractivity contribution in [2.24, 2.45) is 11.7 Å². The summed E-state index contributed by atoms with van der Waals surface area (Å²) < 4.78 is 32.0. The lowest BCUT2D eigenvalue weighted by atomic mass is 10.1. The van der Waals surface area contributed by atoms with Gasteiger partial charge in [0, 0.05) is 18.7 Å². The van der Waals surface area contributed by atoms with Gasteiger partial charge < -0.3 is 10.5 Å². The van der Waals surface area contributed by atoms with Gasteiger partial charge in [-0.15, -0.1) is 0 Å². The van der Waals surface area contributed by atoms with Crippen molar-refractivity contribution in [3.05, 3.63) is 35.4 Å².